The number of carbonyl (C=O) groups excluding carboxylic acids is 1. The van der Waals surface area contributed by atoms with Crippen LogP contribution in [-0.2, 0) is 14.8 Å². The molecule has 2 saturated heterocycles. The van der Waals surface area contributed by atoms with Crippen molar-refractivity contribution in [2.45, 2.75) is 58.5 Å². The van der Waals surface area contributed by atoms with Crippen LogP contribution in [0.15, 0.2) is 59.0 Å². The maximum absolute atomic E-state index is 13.2. The van der Waals surface area contributed by atoms with Gasteiger partial charge in [-0.2, -0.15) is 9.57 Å². The molecule has 0 radical (unpaired) electrons. The first kappa shape index (κ1) is 25.4. The Hall–Kier alpha value is -2.83. The average molecular weight is 461 g/mol. The Bertz CT molecular complexity index is 986. The summed E-state index contributed by atoms with van der Waals surface area (Å²) in [5, 5.41) is 14.6. The van der Waals surface area contributed by atoms with Gasteiger partial charge >= 0.3 is 6.03 Å². The van der Waals surface area contributed by atoms with Gasteiger partial charge in [0.1, 0.15) is 11.5 Å². The van der Waals surface area contributed by atoms with Crippen molar-refractivity contribution < 1.29 is 17.9 Å². The van der Waals surface area contributed by atoms with Crippen LogP contribution in [0.1, 0.15) is 46.5 Å². The molecule has 0 aromatic carbocycles. The third kappa shape index (κ3) is 6.84. The molecule has 174 valence electrons. The summed E-state index contributed by atoms with van der Waals surface area (Å²) in [6.07, 6.45) is 11.3. The van der Waals surface area contributed by atoms with Gasteiger partial charge in [0.2, 0.25) is 10.0 Å². The number of nitrogens with one attached hydrogen (secondary N) is 2. The SMILES string of the molecule is C=C(/C=C\C(C#N)=C/CC)O/C(C)=C/C=C(\C)S(=O)(=O)N1CCCCC1C1CNC(=O)N1. The predicted octanol–water partition coefficient (Wildman–Crippen LogP) is 3.61. The highest BCUT2D eigenvalue weighted by Crippen LogP contribution is 2.27. The first-order valence-electron chi connectivity index (χ1n) is 10.8. The van der Waals surface area contributed by atoms with Gasteiger partial charge in [-0.1, -0.05) is 26.0 Å². The zero-order valence-corrected chi connectivity index (χ0v) is 19.7. The number of carbonyl (C=O) groups is 1. The van der Waals surface area contributed by atoms with Crippen molar-refractivity contribution in [2.75, 3.05) is 13.1 Å². The summed E-state index contributed by atoms with van der Waals surface area (Å²) in [5.41, 5.74) is 0.519. The Labute approximate surface area is 191 Å². The van der Waals surface area contributed by atoms with Crippen molar-refractivity contribution in [3.05, 3.63) is 59.0 Å². The van der Waals surface area contributed by atoms with Crippen LogP contribution in [0.4, 0.5) is 4.79 Å². The second-order valence-electron chi connectivity index (χ2n) is 7.78. The molecule has 0 aromatic rings. The van der Waals surface area contributed by atoms with E-state index in [1.54, 1.807) is 38.2 Å². The number of hydrogen-bond donors (Lipinski definition) is 2. The highest BCUT2D eigenvalue weighted by Gasteiger charge is 2.40. The first-order chi connectivity index (χ1) is 15.2. The Balaban J connectivity index is 2.09. The molecule has 32 heavy (non-hydrogen) atoms. The van der Waals surface area contributed by atoms with Crippen LogP contribution >= 0.6 is 0 Å². The lowest BCUT2D eigenvalue weighted by atomic mass is 9.98. The van der Waals surface area contributed by atoms with Crippen LogP contribution < -0.4 is 10.6 Å². The standard InChI is InChI=1S/C23H32N4O4S/c1-5-8-20(15-24)13-11-18(3)31-17(2)10-12-19(4)32(29,30)27-14-7-6-9-22(27)21-16-25-23(28)26-21/h8,10-13,21-22H,3,5-7,9,14,16H2,1-2,4H3,(H2,25,26,28)/b13-11-,17-10+,19-12+,20-8+. The minimum absolute atomic E-state index is 0.198. The topological polar surface area (TPSA) is 112 Å². The Morgan fingerprint density at radius 3 is 2.69 bits per heavy atom. The molecule has 2 atom stereocenters. The van der Waals surface area contributed by atoms with E-state index in [0.717, 1.165) is 19.3 Å². The maximum Gasteiger partial charge on any atom is 0.315 e. The van der Waals surface area contributed by atoms with Crippen LogP contribution in [0.2, 0.25) is 0 Å². The molecule has 2 aliphatic heterocycles. The Morgan fingerprint density at radius 2 is 2.06 bits per heavy atom. The lowest BCUT2D eigenvalue weighted by Crippen LogP contribution is -2.53. The second-order valence-corrected chi connectivity index (χ2v) is 9.84. The third-order valence-electron chi connectivity index (χ3n) is 5.32. The van der Waals surface area contributed by atoms with E-state index in [4.69, 9.17) is 10.00 Å². The van der Waals surface area contributed by atoms with Crippen LogP contribution in [-0.4, -0.2) is 43.9 Å². The van der Waals surface area contributed by atoms with Gasteiger partial charge in [0, 0.05) is 24.7 Å². The number of sulfonamides is 1. The van der Waals surface area contributed by atoms with Gasteiger partial charge < -0.3 is 15.4 Å². The molecule has 0 aliphatic carbocycles. The number of hydrogen-bond acceptors (Lipinski definition) is 5. The molecule has 0 bridgehead atoms. The van der Waals surface area contributed by atoms with Crippen molar-refractivity contribution >= 4 is 16.1 Å². The van der Waals surface area contributed by atoms with E-state index in [-0.39, 0.29) is 23.0 Å². The first-order valence-corrected chi connectivity index (χ1v) is 12.2. The van der Waals surface area contributed by atoms with Crippen LogP contribution in [0.3, 0.4) is 0 Å². The maximum atomic E-state index is 13.2. The third-order valence-corrected chi connectivity index (χ3v) is 7.34. The summed E-state index contributed by atoms with van der Waals surface area (Å²) in [6, 6.07) is 1.31. The Morgan fingerprint density at radius 1 is 1.31 bits per heavy atom. The number of allylic oxidation sites excluding steroid dienone is 8. The molecule has 2 fully saturated rings. The number of piperidine rings is 1. The lowest BCUT2D eigenvalue weighted by molar-refractivity contribution is 0.213. The zero-order valence-electron chi connectivity index (χ0n) is 18.9. The fourth-order valence-electron chi connectivity index (χ4n) is 3.67. The highest BCUT2D eigenvalue weighted by molar-refractivity contribution is 7.93. The molecule has 8 nitrogen and oxygen atoms in total. The largest absolute Gasteiger partial charge is 0.463 e. The quantitative estimate of drug-likeness (QED) is 0.310. The second kappa shape index (κ2) is 11.7. The number of rotatable bonds is 9. The molecule has 2 unspecified atom stereocenters. The Kier molecular flexibility index (Phi) is 9.29. The van der Waals surface area contributed by atoms with Gasteiger partial charge in [-0.3, -0.25) is 0 Å². The molecule has 0 aromatic heterocycles. The normalized spacial score (nSPS) is 23.6. The van der Waals surface area contributed by atoms with Crippen LogP contribution in [0, 0.1) is 11.3 Å². The molecular formula is C23H32N4O4S. The smallest absolute Gasteiger partial charge is 0.315 e. The molecule has 2 rings (SSSR count). The predicted molar refractivity (Wildman–Crippen MR) is 124 cm³/mol. The molecule has 2 N–H and O–H groups in total. The van der Waals surface area contributed by atoms with Gasteiger partial charge in [-0.25, -0.2) is 13.2 Å². The van der Waals surface area contributed by atoms with E-state index in [1.807, 2.05) is 6.92 Å². The van der Waals surface area contributed by atoms with E-state index >= 15 is 0 Å². The summed E-state index contributed by atoms with van der Waals surface area (Å²) in [4.78, 5) is 11.7. The van der Waals surface area contributed by atoms with Crippen molar-refractivity contribution in [1.82, 2.24) is 14.9 Å². The van der Waals surface area contributed by atoms with Gasteiger partial charge in [-0.05, 0) is 57.4 Å². The van der Waals surface area contributed by atoms with E-state index < -0.39 is 10.0 Å². The van der Waals surface area contributed by atoms with Crippen LogP contribution in [0.25, 0.3) is 0 Å². The molecule has 2 amide bonds. The minimum atomic E-state index is -3.69. The van der Waals surface area contributed by atoms with Gasteiger partial charge in [0.25, 0.3) is 0 Å². The summed E-state index contributed by atoms with van der Waals surface area (Å²) in [6.45, 7) is 9.84. The van der Waals surface area contributed by atoms with E-state index in [0.29, 0.717) is 36.6 Å². The van der Waals surface area contributed by atoms with E-state index in [2.05, 4.69) is 23.3 Å². The average Bonchev–Trinajstić information content (AvgIpc) is 3.21. The van der Waals surface area contributed by atoms with E-state index in [1.165, 1.54) is 10.4 Å². The molecule has 9 heteroatoms. The molecular weight excluding hydrogens is 428 g/mol. The van der Waals surface area contributed by atoms with Gasteiger partial charge in [0.05, 0.1) is 17.0 Å². The van der Waals surface area contributed by atoms with E-state index in [9.17, 15) is 13.2 Å². The summed E-state index contributed by atoms with van der Waals surface area (Å²) >= 11 is 0. The van der Waals surface area contributed by atoms with Gasteiger partial charge in [-0.15, -0.1) is 0 Å². The number of nitriles is 1. The number of amides is 2. The fraction of sp³-hybridized carbons (Fsp3) is 0.478. The molecule has 0 spiro atoms. The lowest BCUT2D eigenvalue weighted by Gasteiger charge is -2.37. The number of nitrogens with zero attached hydrogens (tertiary/aromatic N) is 2. The number of urea groups is 1. The minimum Gasteiger partial charge on any atom is -0.463 e. The summed E-state index contributed by atoms with van der Waals surface area (Å²) in [5.74, 6) is 0.806. The van der Waals surface area contributed by atoms with Crippen LogP contribution in [0.5, 0.6) is 0 Å². The fourth-order valence-corrected chi connectivity index (χ4v) is 5.26. The molecule has 2 heterocycles. The highest BCUT2D eigenvalue weighted by atomic mass is 32.2. The monoisotopic (exact) mass is 460 g/mol. The molecule has 0 saturated carbocycles. The zero-order chi connectivity index (χ0) is 23.7. The van der Waals surface area contributed by atoms with Crippen molar-refractivity contribution in [3.63, 3.8) is 0 Å². The van der Waals surface area contributed by atoms with Crippen molar-refractivity contribution in [2.24, 2.45) is 0 Å². The number of ether oxygens (including phenoxy) is 1. The summed E-state index contributed by atoms with van der Waals surface area (Å²) in [7, 11) is -3.69. The van der Waals surface area contributed by atoms with Gasteiger partial charge in [0.15, 0.2) is 0 Å². The van der Waals surface area contributed by atoms with Crippen molar-refractivity contribution in [1.29, 1.82) is 5.26 Å². The summed E-state index contributed by atoms with van der Waals surface area (Å²) < 4.78 is 33.5. The molecule has 2 aliphatic rings. The van der Waals surface area contributed by atoms with Crippen molar-refractivity contribution in [3.8, 4) is 6.07 Å².